The number of carbonyl (C=O) groups is 1. The van der Waals surface area contributed by atoms with E-state index < -0.39 is 5.60 Å². The van der Waals surface area contributed by atoms with Crippen LogP contribution in [0, 0.1) is 5.92 Å². The van der Waals surface area contributed by atoms with Crippen molar-refractivity contribution in [3.63, 3.8) is 0 Å². The second-order valence-corrected chi connectivity index (χ2v) is 7.46. The van der Waals surface area contributed by atoms with Crippen LogP contribution in [0.4, 0.5) is 4.79 Å². The Labute approximate surface area is 144 Å². The summed E-state index contributed by atoms with van der Waals surface area (Å²) in [5, 5.41) is 4.71. The molecule has 132 valence electrons. The first-order valence-electron chi connectivity index (χ1n) is 8.46. The first-order chi connectivity index (χ1) is 11.3. The molecule has 1 heterocycles. The quantitative estimate of drug-likeness (QED) is 0.847. The molecule has 0 aliphatic carbocycles. The predicted octanol–water partition coefficient (Wildman–Crippen LogP) is 3.76. The number of fused-ring (bicyclic) bond motifs is 1. The third-order valence-electron chi connectivity index (χ3n) is 3.77. The lowest BCUT2D eigenvalue weighted by atomic mass is 10.1. The smallest absolute Gasteiger partial charge is 0.410 e. The maximum atomic E-state index is 12.0. The molecule has 2 N–H and O–H groups in total. The van der Waals surface area contributed by atoms with Gasteiger partial charge in [0.05, 0.1) is 0 Å². The third kappa shape index (κ3) is 5.27. The van der Waals surface area contributed by atoms with Crippen molar-refractivity contribution in [1.82, 2.24) is 15.2 Å². The lowest BCUT2D eigenvalue weighted by Gasteiger charge is -2.26. The average molecular weight is 331 g/mol. The van der Waals surface area contributed by atoms with Crippen molar-refractivity contribution in [1.29, 1.82) is 0 Å². The van der Waals surface area contributed by atoms with E-state index >= 15 is 0 Å². The molecular formula is C19H29N3O2. The van der Waals surface area contributed by atoms with Gasteiger partial charge in [0, 0.05) is 31.9 Å². The van der Waals surface area contributed by atoms with Gasteiger partial charge in [-0.2, -0.15) is 0 Å². The van der Waals surface area contributed by atoms with E-state index in [0.717, 1.165) is 13.1 Å². The SMILES string of the molecule is CC(CNCc1cccc2cc[nH]c12)CN(C)C(=O)OC(C)(C)C. The van der Waals surface area contributed by atoms with Gasteiger partial charge in [-0.3, -0.25) is 0 Å². The average Bonchev–Trinajstić information content (AvgIpc) is 2.94. The Morgan fingerprint density at radius 3 is 2.79 bits per heavy atom. The summed E-state index contributed by atoms with van der Waals surface area (Å²) in [5.74, 6) is 0.338. The van der Waals surface area contributed by atoms with Gasteiger partial charge in [0.2, 0.25) is 0 Å². The fourth-order valence-electron chi connectivity index (χ4n) is 2.70. The van der Waals surface area contributed by atoms with E-state index in [1.165, 1.54) is 16.5 Å². The Morgan fingerprint density at radius 2 is 2.08 bits per heavy atom. The fourth-order valence-corrected chi connectivity index (χ4v) is 2.70. The molecule has 1 aromatic heterocycles. The number of H-pyrrole nitrogens is 1. The molecule has 2 aromatic rings. The van der Waals surface area contributed by atoms with Crippen molar-refractivity contribution in [2.45, 2.75) is 39.8 Å². The van der Waals surface area contributed by atoms with Crippen molar-refractivity contribution in [2.75, 3.05) is 20.1 Å². The summed E-state index contributed by atoms with van der Waals surface area (Å²) < 4.78 is 5.38. The standard InChI is InChI=1S/C19H29N3O2/c1-14(13-22(5)18(23)24-19(2,3)4)11-20-12-16-8-6-7-15-9-10-21-17(15)16/h6-10,14,20-21H,11-13H2,1-5H3. The second kappa shape index (κ2) is 7.71. The fraction of sp³-hybridized carbons (Fsp3) is 0.526. The number of aromatic nitrogens is 1. The third-order valence-corrected chi connectivity index (χ3v) is 3.77. The molecule has 5 heteroatoms. The van der Waals surface area contributed by atoms with Crippen molar-refractivity contribution >= 4 is 17.0 Å². The van der Waals surface area contributed by atoms with Gasteiger partial charge in [-0.25, -0.2) is 4.79 Å². The summed E-state index contributed by atoms with van der Waals surface area (Å²) in [7, 11) is 1.78. The largest absolute Gasteiger partial charge is 0.444 e. The van der Waals surface area contributed by atoms with Crippen molar-refractivity contribution in [3.05, 3.63) is 36.0 Å². The molecule has 0 spiro atoms. The van der Waals surface area contributed by atoms with Crippen LogP contribution in [0.1, 0.15) is 33.3 Å². The molecule has 0 radical (unpaired) electrons. The summed E-state index contributed by atoms with van der Waals surface area (Å²) in [6.45, 7) is 10.1. The van der Waals surface area contributed by atoms with Crippen molar-refractivity contribution in [2.24, 2.45) is 5.92 Å². The van der Waals surface area contributed by atoms with E-state index in [-0.39, 0.29) is 6.09 Å². The van der Waals surface area contributed by atoms with Gasteiger partial charge in [-0.05, 0) is 50.2 Å². The lowest BCUT2D eigenvalue weighted by Crippen LogP contribution is -2.38. The predicted molar refractivity (Wildman–Crippen MR) is 98.0 cm³/mol. The summed E-state index contributed by atoms with van der Waals surface area (Å²) in [6, 6.07) is 8.39. The molecule has 0 bridgehead atoms. The van der Waals surface area contributed by atoms with Gasteiger partial charge in [0.15, 0.2) is 0 Å². The molecule has 24 heavy (non-hydrogen) atoms. The van der Waals surface area contributed by atoms with E-state index in [4.69, 9.17) is 4.74 Å². The van der Waals surface area contributed by atoms with Gasteiger partial charge >= 0.3 is 6.09 Å². The minimum atomic E-state index is -0.457. The van der Waals surface area contributed by atoms with Crippen LogP contribution < -0.4 is 5.32 Å². The van der Waals surface area contributed by atoms with Crippen molar-refractivity contribution in [3.8, 4) is 0 Å². The van der Waals surface area contributed by atoms with E-state index in [9.17, 15) is 4.79 Å². The minimum absolute atomic E-state index is 0.273. The number of amides is 1. The van der Waals surface area contributed by atoms with E-state index in [1.54, 1.807) is 11.9 Å². The Morgan fingerprint density at radius 1 is 1.33 bits per heavy atom. The van der Waals surface area contributed by atoms with Gasteiger partial charge in [-0.1, -0.05) is 25.1 Å². The molecule has 1 unspecified atom stereocenters. The lowest BCUT2D eigenvalue weighted by molar-refractivity contribution is 0.0277. The monoisotopic (exact) mass is 331 g/mol. The number of aromatic amines is 1. The molecule has 2 rings (SSSR count). The van der Waals surface area contributed by atoms with Gasteiger partial charge < -0.3 is 19.9 Å². The molecule has 0 saturated carbocycles. The number of hydrogen-bond donors (Lipinski definition) is 2. The molecule has 0 fully saturated rings. The van der Waals surface area contributed by atoms with E-state index in [1.807, 2.05) is 27.0 Å². The number of nitrogens with zero attached hydrogens (tertiary/aromatic N) is 1. The summed E-state index contributed by atoms with van der Waals surface area (Å²) in [5.41, 5.74) is 1.98. The number of carbonyl (C=O) groups excluding carboxylic acids is 1. The normalized spacial score (nSPS) is 13.0. The Bertz CT molecular complexity index is 673. The molecular weight excluding hydrogens is 302 g/mol. The molecule has 0 aliphatic heterocycles. The van der Waals surface area contributed by atoms with Crippen LogP contribution in [-0.4, -0.2) is 41.7 Å². The topological polar surface area (TPSA) is 57.4 Å². The van der Waals surface area contributed by atoms with Gasteiger partial charge in [0.1, 0.15) is 5.60 Å². The number of ether oxygens (including phenoxy) is 1. The first kappa shape index (κ1) is 18.3. The Kier molecular flexibility index (Phi) is 5.89. The highest BCUT2D eigenvalue weighted by atomic mass is 16.6. The number of benzene rings is 1. The zero-order valence-corrected chi connectivity index (χ0v) is 15.3. The number of rotatable bonds is 6. The number of hydrogen-bond acceptors (Lipinski definition) is 3. The number of nitrogens with one attached hydrogen (secondary N) is 2. The van der Waals surface area contributed by atoms with Gasteiger partial charge in [0.25, 0.3) is 0 Å². The highest BCUT2D eigenvalue weighted by molar-refractivity contribution is 5.82. The summed E-state index contributed by atoms with van der Waals surface area (Å²) >= 11 is 0. The zero-order valence-electron chi connectivity index (χ0n) is 15.3. The number of para-hydroxylation sites is 1. The maximum Gasteiger partial charge on any atom is 0.410 e. The van der Waals surface area contributed by atoms with Crippen molar-refractivity contribution < 1.29 is 9.53 Å². The van der Waals surface area contributed by atoms with E-state index in [2.05, 4.69) is 41.5 Å². The maximum absolute atomic E-state index is 12.0. The molecule has 5 nitrogen and oxygen atoms in total. The molecule has 0 saturated heterocycles. The summed E-state index contributed by atoms with van der Waals surface area (Å²) in [4.78, 5) is 16.9. The molecule has 1 atom stereocenters. The molecule has 0 aliphatic rings. The van der Waals surface area contributed by atoms with Crippen LogP contribution in [0.5, 0.6) is 0 Å². The van der Waals surface area contributed by atoms with Crippen LogP contribution in [0.3, 0.4) is 0 Å². The van der Waals surface area contributed by atoms with Crippen LogP contribution >= 0.6 is 0 Å². The first-order valence-corrected chi connectivity index (χ1v) is 8.46. The highest BCUT2D eigenvalue weighted by Gasteiger charge is 2.20. The Hall–Kier alpha value is -2.01. The highest BCUT2D eigenvalue weighted by Crippen LogP contribution is 2.16. The zero-order chi connectivity index (χ0) is 17.7. The van der Waals surface area contributed by atoms with Crippen LogP contribution in [0.15, 0.2) is 30.5 Å². The van der Waals surface area contributed by atoms with E-state index in [0.29, 0.717) is 12.5 Å². The Balaban J connectivity index is 1.78. The van der Waals surface area contributed by atoms with Crippen LogP contribution in [0.25, 0.3) is 10.9 Å². The second-order valence-electron chi connectivity index (χ2n) is 7.46. The molecule has 1 amide bonds. The van der Waals surface area contributed by atoms with Gasteiger partial charge in [-0.15, -0.1) is 0 Å². The minimum Gasteiger partial charge on any atom is -0.444 e. The molecule has 1 aromatic carbocycles. The van der Waals surface area contributed by atoms with Crippen LogP contribution in [0.2, 0.25) is 0 Å². The van der Waals surface area contributed by atoms with Crippen LogP contribution in [-0.2, 0) is 11.3 Å². The summed E-state index contributed by atoms with van der Waals surface area (Å²) in [6.07, 6.45) is 1.69.